The molecule has 1 heterocycles. The summed E-state index contributed by atoms with van der Waals surface area (Å²) in [5.41, 5.74) is 0.387. The highest BCUT2D eigenvalue weighted by molar-refractivity contribution is 9.10. The molecule has 0 spiro atoms. The maximum atomic E-state index is 10.7. The number of rotatable bonds is 3. The topological polar surface area (TPSA) is 38.7 Å². The molecule has 0 bridgehead atoms. The zero-order valence-corrected chi connectivity index (χ0v) is 12.4. The van der Waals surface area contributed by atoms with Gasteiger partial charge in [-0.1, -0.05) is 22.9 Å². The Morgan fingerprint density at radius 3 is 3.00 bits per heavy atom. The van der Waals surface area contributed by atoms with Gasteiger partial charge in [-0.25, -0.2) is 0 Å². The maximum absolute atomic E-state index is 10.7. The Balaban J connectivity index is 2.21. The van der Waals surface area contributed by atoms with Crippen LogP contribution in [0.3, 0.4) is 0 Å². The number of hydrogen-bond acceptors (Lipinski definition) is 3. The summed E-state index contributed by atoms with van der Waals surface area (Å²) in [4.78, 5) is 0. The van der Waals surface area contributed by atoms with Gasteiger partial charge in [-0.2, -0.15) is 0 Å². The van der Waals surface area contributed by atoms with E-state index in [2.05, 4.69) is 15.9 Å². The Morgan fingerprint density at radius 1 is 1.56 bits per heavy atom. The van der Waals surface area contributed by atoms with Crippen molar-refractivity contribution in [2.24, 2.45) is 5.92 Å². The van der Waals surface area contributed by atoms with Crippen LogP contribution >= 0.6 is 15.9 Å². The minimum absolute atomic E-state index is 0.143. The molecule has 0 amide bonds. The van der Waals surface area contributed by atoms with Gasteiger partial charge in [0.15, 0.2) is 0 Å². The van der Waals surface area contributed by atoms with Crippen LogP contribution in [0.4, 0.5) is 0 Å². The third-order valence-electron chi connectivity index (χ3n) is 3.71. The molecular weight excluding hydrogens is 296 g/mol. The molecule has 1 aliphatic heterocycles. The highest BCUT2D eigenvalue weighted by atomic mass is 79.9. The normalized spacial score (nSPS) is 28.1. The second-order valence-electron chi connectivity index (χ2n) is 4.96. The zero-order chi connectivity index (χ0) is 13.2. The average molecular weight is 315 g/mol. The largest absolute Gasteiger partial charge is 0.497 e. The summed E-state index contributed by atoms with van der Waals surface area (Å²) in [5, 5.41) is 10.7. The van der Waals surface area contributed by atoms with Crippen molar-refractivity contribution < 1.29 is 14.6 Å². The van der Waals surface area contributed by atoms with E-state index in [1.54, 1.807) is 7.11 Å². The molecule has 0 saturated carbocycles. The van der Waals surface area contributed by atoms with Crippen molar-refractivity contribution in [1.29, 1.82) is 0 Å². The van der Waals surface area contributed by atoms with Gasteiger partial charge in [-0.3, -0.25) is 0 Å². The third kappa shape index (κ3) is 2.87. The van der Waals surface area contributed by atoms with Crippen molar-refractivity contribution >= 4 is 15.9 Å². The first-order chi connectivity index (χ1) is 8.55. The zero-order valence-electron chi connectivity index (χ0n) is 10.8. The molecule has 1 aromatic rings. The molecular formula is C14H19BrO3. The van der Waals surface area contributed by atoms with Gasteiger partial charge in [0.05, 0.1) is 19.3 Å². The second-order valence-corrected chi connectivity index (χ2v) is 5.82. The first kappa shape index (κ1) is 13.8. The first-order valence-corrected chi connectivity index (χ1v) is 6.97. The highest BCUT2D eigenvalue weighted by Crippen LogP contribution is 2.33. The smallest absolute Gasteiger partial charge is 0.119 e. The Hall–Kier alpha value is -0.580. The Labute approximate surface area is 116 Å². The lowest BCUT2D eigenvalue weighted by molar-refractivity contribution is -0.105. The van der Waals surface area contributed by atoms with Crippen LogP contribution in [-0.2, 0) is 11.2 Å². The molecule has 1 N–H and O–H groups in total. The maximum Gasteiger partial charge on any atom is 0.119 e. The van der Waals surface area contributed by atoms with Crippen LogP contribution in [0.1, 0.15) is 18.9 Å². The highest BCUT2D eigenvalue weighted by Gasteiger charge is 2.37. The van der Waals surface area contributed by atoms with Crippen molar-refractivity contribution in [2.45, 2.75) is 25.4 Å². The molecule has 18 heavy (non-hydrogen) atoms. The van der Waals surface area contributed by atoms with E-state index in [0.717, 1.165) is 15.8 Å². The van der Waals surface area contributed by atoms with Crippen LogP contribution in [-0.4, -0.2) is 31.0 Å². The van der Waals surface area contributed by atoms with Crippen LogP contribution in [0.15, 0.2) is 22.7 Å². The van der Waals surface area contributed by atoms with E-state index in [0.29, 0.717) is 26.1 Å². The molecule has 2 atom stereocenters. The van der Waals surface area contributed by atoms with Gasteiger partial charge in [0.25, 0.3) is 0 Å². The Morgan fingerprint density at radius 2 is 2.33 bits per heavy atom. The van der Waals surface area contributed by atoms with Gasteiger partial charge in [-0.05, 0) is 23.8 Å². The van der Waals surface area contributed by atoms with Crippen molar-refractivity contribution in [3.05, 3.63) is 28.2 Å². The quantitative estimate of drug-likeness (QED) is 0.932. The van der Waals surface area contributed by atoms with Gasteiger partial charge >= 0.3 is 0 Å². The molecule has 1 saturated heterocycles. The van der Waals surface area contributed by atoms with Crippen LogP contribution in [0.5, 0.6) is 5.75 Å². The molecule has 1 aromatic carbocycles. The number of hydrogen-bond donors (Lipinski definition) is 1. The molecule has 0 aliphatic carbocycles. The fourth-order valence-electron chi connectivity index (χ4n) is 2.32. The molecule has 0 radical (unpaired) electrons. The predicted octanol–water partition coefficient (Wildman–Crippen LogP) is 2.79. The lowest BCUT2D eigenvalue weighted by Crippen LogP contribution is -2.45. The van der Waals surface area contributed by atoms with Gasteiger partial charge in [0.1, 0.15) is 5.75 Å². The van der Waals surface area contributed by atoms with E-state index in [9.17, 15) is 5.11 Å². The van der Waals surface area contributed by atoms with Crippen molar-refractivity contribution in [2.75, 3.05) is 20.3 Å². The van der Waals surface area contributed by atoms with Crippen LogP contribution in [0.25, 0.3) is 0 Å². The fourth-order valence-corrected chi connectivity index (χ4v) is 2.70. The summed E-state index contributed by atoms with van der Waals surface area (Å²) in [6.45, 7) is 3.29. The van der Waals surface area contributed by atoms with Crippen molar-refractivity contribution in [1.82, 2.24) is 0 Å². The Kier molecular flexibility index (Phi) is 4.30. The van der Waals surface area contributed by atoms with E-state index < -0.39 is 5.60 Å². The van der Waals surface area contributed by atoms with Gasteiger partial charge in [-0.15, -0.1) is 0 Å². The van der Waals surface area contributed by atoms with Crippen molar-refractivity contribution in [3.8, 4) is 5.75 Å². The van der Waals surface area contributed by atoms with Crippen LogP contribution in [0.2, 0.25) is 0 Å². The summed E-state index contributed by atoms with van der Waals surface area (Å²) < 4.78 is 11.6. The van der Waals surface area contributed by atoms with Gasteiger partial charge < -0.3 is 14.6 Å². The summed E-state index contributed by atoms with van der Waals surface area (Å²) in [6.07, 6.45) is 1.30. The molecule has 3 nitrogen and oxygen atoms in total. The SMILES string of the molecule is COc1ccc(Br)c(CC2(O)CCOCC2C)c1. The van der Waals surface area contributed by atoms with Gasteiger partial charge in [0.2, 0.25) is 0 Å². The van der Waals surface area contributed by atoms with Gasteiger partial charge in [0, 0.05) is 29.8 Å². The van der Waals surface area contributed by atoms with E-state index >= 15 is 0 Å². The fraction of sp³-hybridized carbons (Fsp3) is 0.571. The van der Waals surface area contributed by atoms with Crippen molar-refractivity contribution in [3.63, 3.8) is 0 Å². The molecule has 1 aliphatic rings. The van der Waals surface area contributed by atoms with E-state index in [-0.39, 0.29) is 5.92 Å². The number of methoxy groups -OCH3 is 1. The number of ether oxygens (including phenoxy) is 2. The molecule has 2 unspecified atom stereocenters. The van der Waals surface area contributed by atoms with E-state index in [4.69, 9.17) is 9.47 Å². The lowest BCUT2D eigenvalue weighted by atomic mass is 9.80. The lowest BCUT2D eigenvalue weighted by Gasteiger charge is -2.38. The summed E-state index contributed by atoms with van der Waals surface area (Å²) in [6, 6.07) is 5.84. The van der Waals surface area contributed by atoms with E-state index in [1.165, 1.54) is 0 Å². The van der Waals surface area contributed by atoms with Crippen LogP contribution in [0, 0.1) is 5.92 Å². The number of halogens is 1. The average Bonchev–Trinajstić information content (AvgIpc) is 2.36. The monoisotopic (exact) mass is 314 g/mol. The minimum atomic E-state index is -0.687. The predicted molar refractivity (Wildman–Crippen MR) is 73.9 cm³/mol. The summed E-state index contributed by atoms with van der Waals surface area (Å²) >= 11 is 3.53. The minimum Gasteiger partial charge on any atom is -0.497 e. The molecule has 100 valence electrons. The van der Waals surface area contributed by atoms with E-state index in [1.807, 2.05) is 25.1 Å². The molecule has 1 fully saturated rings. The third-order valence-corrected chi connectivity index (χ3v) is 4.49. The molecule has 4 heteroatoms. The second kappa shape index (κ2) is 5.59. The Bertz CT molecular complexity index is 422. The van der Waals surface area contributed by atoms with Crippen LogP contribution < -0.4 is 4.74 Å². The number of aliphatic hydroxyl groups is 1. The summed E-state index contributed by atoms with van der Waals surface area (Å²) in [7, 11) is 1.65. The first-order valence-electron chi connectivity index (χ1n) is 6.18. The molecule has 0 aromatic heterocycles. The number of benzene rings is 1. The molecule has 2 rings (SSSR count). The standard InChI is InChI=1S/C14H19BrO3/c1-10-9-18-6-5-14(10,16)8-11-7-12(17-2)3-4-13(11)15/h3-4,7,10,16H,5-6,8-9H2,1-2H3. The summed E-state index contributed by atoms with van der Waals surface area (Å²) in [5.74, 6) is 0.959.